The number of thiophene rings is 1. The summed E-state index contributed by atoms with van der Waals surface area (Å²) < 4.78 is 5.47. The van der Waals surface area contributed by atoms with Gasteiger partial charge in [-0.2, -0.15) is 0 Å². The van der Waals surface area contributed by atoms with E-state index in [1.54, 1.807) is 35.6 Å². The van der Waals surface area contributed by atoms with Crippen molar-refractivity contribution in [3.8, 4) is 0 Å². The lowest BCUT2D eigenvalue weighted by molar-refractivity contribution is -0.116. The summed E-state index contributed by atoms with van der Waals surface area (Å²) in [5, 5.41) is 4.89. The normalized spacial score (nSPS) is 17.3. The largest absolute Gasteiger partial charge is 0.375 e. The summed E-state index contributed by atoms with van der Waals surface area (Å²) in [7, 11) is 0. The van der Waals surface area contributed by atoms with Gasteiger partial charge in [-0.1, -0.05) is 6.07 Å². The van der Waals surface area contributed by atoms with Crippen LogP contribution in [0.5, 0.6) is 0 Å². The summed E-state index contributed by atoms with van der Waals surface area (Å²) in [5.74, 6) is -0.0137. The lowest BCUT2D eigenvalue weighted by Gasteiger charge is -2.31. The van der Waals surface area contributed by atoms with Gasteiger partial charge in [-0.15, -0.1) is 11.3 Å². The number of nitrogens with zero attached hydrogens (tertiary/aromatic N) is 1. The van der Waals surface area contributed by atoms with E-state index in [1.807, 2.05) is 29.3 Å². The summed E-state index contributed by atoms with van der Waals surface area (Å²) >= 11 is 1.66. The van der Waals surface area contributed by atoms with Crippen molar-refractivity contribution < 1.29 is 14.3 Å². The zero-order chi connectivity index (χ0) is 17.6. The maximum Gasteiger partial charge on any atom is 0.254 e. The Morgan fingerprint density at radius 1 is 1.28 bits per heavy atom. The molecule has 2 amide bonds. The summed E-state index contributed by atoms with van der Waals surface area (Å²) in [6.07, 6.45) is 1.27. The minimum atomic E-state index is -0.0190. The first-order valence-corrected chi connectivity index (χ1v) is 9.33. The van der Waals surface area contributed by atoms with Crippen molar-refractivity contribution in [3.05, 3.63) is 52.2 Å². The number of hydrogen-bond donors (Lipinski definition) is 1. The second-order valence-electron chi connectivity index (χ2n) is 6.14. The average molecular weight is 358 g/mol. The monoisotopic (exact) mass is 358 g/mol. The van der Waals surface area contributed by atoms with Gasteiger partial charge in [-0.25, -0.2) is 0 Å². The quantitative estimate of drug-likeness (QED) is 0.893. The smallest absolute Gasteiger partial charge is 0.254 e. The Hall–Kier alpha value is -2.18. The molecule has 0 radical (unpaired) electrons. The van der Waals surface area contributed by atoms with E-state index in [4.69, 9.17) is 4.74 Å². The van der Waals surface area contributed by atoms with Gasteiger partial charge in [-0.3, -0.25) is 9.59 Å². The fourth-order valence-corrected chi connectivity index (χ4v) is 3.51. The zero-order valence-corrected chi connectivity index (χ0v) is 15.1. The topological polar surface area (TPSA) is 58.6 Å². The number of rotatable bonds is 5. The Bertz CT molecular complexity index is 713. The van der Waals surface area contributed by atoms with Crippen LogP contribution in [0.4, 0.5) is 5.69 Å². The number of hydrogen-bond acceptors (Lipinski definition) is 4. The first-order valence-electron chi connectivity index (χ1n) is 8.45. The second kappa shape index (κ2) is 8.27. The van der Waals surface area contributed by atoms with Crippen molar-refractivity contribution in [2.75, 3.05) is 25.0 Å². The van der Waals surface area contributed by atoms with Gasteiger partial charge in [-0.05, 0) is 49.1 Å². The van der Waals surface area contributed by atoms with E-state index < -0.39 is 0 Å². The van der Waals surface area contributed by atoms with Crippen molar-refractivity contribution in [2.45, 2.75) is 25.9 Å². The van der Waals surface area contributed by atoms with Crippen LogP contribution in [0.1, 0.15) is 28.6 Å². The highest BCUT2D eigenvalue weighted by atomic mass is 32.1. The average Bonchev–Trinajstić information content (AvgIpc) is 3.14. The van der Waals surface area contributed by atoms with Crippen LogP contribution in [0.3, 0.4) is 0 Å². The Kier molecular flexibility index (Phi) is 5.83. The number of nitrogens with one attached hydrogen (secondary N) is 1. The van der Waals surface area contributed by atoms with Gasteiger partial charge in [0.1, 0.15) is 0 Å². The number of anilines is 1. The number of benzene rings is 1. The lowest BCUT2D eigenvalue weighted by atomic mass is 10.1. The molecule has 0 bridgehead atoms. The van der Waals surface area contributed by atoms with Crippen molar-refractivity contribution in [3.63, 3.8) is 0 Å². The van der Waals surface area contributed by atoms with E-state index in [1.165, 1.54) is 4.88 Å². The van der Waals surface area contributed by atoms with Gasteiger partial charge < -0.3 is 15.0 Å². The van der Waals surface area contributed by atoms with Crippen LogP contribution in [0.25, 0.3) is 0 Å². The molecular formula is C19H22N2O3S. The third-order valence-electron chi connectivity index (χ3n) is 4.12. The molecule has 3 rings (SSSR count). The fraction of sp³-hybridized carbons (Fsp3) is 0.368. The number of aryl methyl sites for hydroxylation is 1. The van der Waals surface area contributed by atoms with E-state index in [2.05, 4.69) is 5.32 Å². The predicted molar refractivity (Wildman–Crippen MR) is 99.0 cm³/mol. The lowest BCUT2D eigenvalue weighted by Crippen LogP contribution is -2.44. The van der Waals surface area contributed by atoms with Crippen LogP contribution in [-0.4, -0.2) is 42.5 Å². The molecule has 1 aliphatic heterocycles. The Morgan fingerprint density at radius 2 is 2.08 bits per heavy atom. The Labute approximate surface area is 151 Å². The highest BCUT2D eigenvalue weighted by Gasteiger charge is 2.22. The molecule has 0 saturated carbocycles. The molecule has 1 saturated heterocycles. The maximum atomic E-state index is 12.5. The van der Waals surface area contributed by atoms with E-state index in [0.717, 1.165) is 6.42 Å². The van der Waals surface area contributed by atoms with Crippen molar-refractivity contribution in [2.24, 2.45) is 0 Å². The number of carbonyl (C=O) groups excluding carboxylic acids is 2. The summed E-state index contributed by atoms with van der Waals surface area (Å²) in [6.45, 7) is 3.77. The number of amides is 2. The molecule has 1 aliphatic rings. The van der Waals surface area contributed by atoms with Gasteiger partial charge in [0.15, 0.2) is 0 Å². The summed E-state index contributed by atoms with van der Waals surface area (Å²) in [4.78, 5) is 27.5. The Balaban J connectivity index is 1.52. The van der Waals surface area contributed by atoms with Crippen LogP contribution in [0.15, 0.2) is 41.8 Å². The molecule has 0 aliphatic carbocycles. The number of morpholine rings is 1. The highest BCUT2D eigenvalue weighted by Crippen LogP contribution is 2.15. The third kappa shape index (κ3) is 4.90. The van der Waals surface area contributed by atoms with Gasteiger partial charge in [0.05, 0.1) is 12.7 Å². The van der Waals surface area contributed by atoms with Gasteiger partial charge in [0, 0.05) is 35.6 Å². The summed E-state index contributed by atoms with van der Waals surface area (Å²) in [6, 6.07) is 11.1. The maximum absolute atomic E-state index is 12.5. The molecule has 1 aromatic carbocycles. The van der Waals surface area contributed by atoms with Crippen molar-refractivity contribution in [1.82, 2.24) is 4.90 Å². The molecule has 5 nitrogen and oxygen atoms in total. The van der Waals surface area contributed by atoms with Crippen LogP contribution >= 0.6 is 11.3 Å². The molecule has 1 unspecified atom stereocenters. The minimum Gasteiger partial charge on any atom is -0.375 e. The first kappa shape index (κ1) is 17.6. The fourth-order valence-electron chi connectivity index (χ4n) is 2.80. The molecule has 25 heavy (non-hydrogen) atoms. The van der Waals surface area contributed by atoms with Crippen molar-refractivity contribution in [1.29, 1.82) is 0 Å². The van der Waals surface area contributed by atoms with E-state index in [-0.39, 0.29) is 17.9 Å². The van der Waals surface area contributed by atoms with Gasteiger partial charge >= 0.3 is 0 Å². The molecule has 6 heteroatoms. The zero-order valence-electron chi connectivity index (χ0n) is 14.2. The van der Waals surface area contributed by atoms with Crippen molar-refractivity contribution >= 4 is 28.8 Å². The second-order valence-corrected chi connectivity index (χ2v) is 7.17. The molecule has 1 fully saturated rings. The molecule has 2 aromatic rings. The standard InChI is InChI=1S/C19H22N2O3S/c1-14-13-21(10-11-24-14)19(23)15-4-6-16(7-5-15)20-18(22)9-8-17-3-2-12-25-17/h2-7,12,14H,8-11,13H2,1H3,(H,20,22). The number of carbonyl (C=O) groups is 2. The molecule has 1 N–H and O–H groups in total. The van der Waals surface area contributed by atoms with Crippen LogP contribution in [0, 0.1) is 0 Å². The van der Waals surface area contributed by atoms with E-state index >= 15 is 0 Å². The Morgan fingerprint density at radius 3 is 2.76 bits per heavy atom. The molecule has 2 heterocycles. The SMILES string of the molecule is CC1CN(C(=O)c2ccc(NC(=O)CCc3cccs3)cc2)CCO1. The van der Waals surface area contributed by atoms with Crippen LogP contribution in [0.2, 0.25) is 0 Å². The third-order valence-corrected chi connectivity index (χ3v) is 5.06. The highest BCUT2D eigenvalue weighted by molar-refractivity contribution is 7.09. The molecule has 1 atom stereocenters. The summed E-state index contributed by atoms with van der Waals surface area (Å²) in [5.41, 5.74) is 1.34. The molecular weight excluding hydrogens is 336 g/mol. The molecule has 1 aromatic heterocycles. The van der Waals surface area contributed by atoms with E-state index in [0.29, 0.717) is 37.4 Å². The minimum absolute atomic E-state index is 0.00530. The first-order chi connectivity index (χ1) is 12.1. The molecule has 132 valence electrons. The molecule has 0 spiro atoms. The van der Waals surface area contributed by atoms with Crippen LogP contribution < -0.4 is 5.32 Å². The van der Waals surface area contributed by atoms with E-state index in [9.17, 15) is 9.59 Å². The van der Waals surface area contributed by atoms with Gasteiger partial charge in [0.2, 0.25) is 5.91 Å². The van der Waals surface area contributed by atoms with Crippen LogP contribution in [-0.2, 0) is 16.0 Å². The van der Waals surface area contributed by atoms with Gasteiger partial charge in [0.25, 0.3) is 5.91 Å². The number of ether oxygens (including phenoxy) is 1. The predicted octanol–water partition coefficient (Wildman–Crippen LogP) is 3.18.